The largest absolute Gasteiger partial charge is 0.368 e. The number of nitrogens with zero attached hydrogens (tertiary/aromatic N) is 5. The van der Waals surface area contributed by atoms with E-state index in [1.165, 1.54) is 6.07 Å². The molecule has 0 unspecified atom stereocenters. The number of benzene rings is 1. The molecule has 0 aliphatic carbocycles. The van der Waals surface area contributed by atoms with Crippen LogP contribution in [0, 0.1) is 5.82 Å². The van der Waals surface area contributed by atoms with Crippen molar-refractivity contribution < 1.29 is 9.18 Å². The summed E-state index contributed by atoms with van der Waals surface area (Å²) >= 11 is 0. The Morgan fingerprint density at radius 1 is 1.26 bits per heavy atom. The second-order valence-electron chi connectivity index (χ2n) is 6.58. The molecule has 0 radical (unpaired) electrons. The number of carbonyl (C=O) groups excluding carboxylic acids is 1. The Morgan fingerprint density at radius 3 is 2.70 bits per heavy atom. The minimum atomic E-state index is -0.367. The molecule has 140 valence electrons. The number of nitrogens with two attached hydrogens (primary N) is 1. The highest BCUT2D eigenvalue weighted by Gasteiger charge is 2.26. The van der Waals surface area contributed by atoms with E-state index in [9.17, 15) is 9.18 Å². The van der Waals surface area contributed by atoms with Crippen LogP contribution in [0.3, 0.4) is 0 Å². The van der Waals surface area contributed by atoms with Gasteiger partial charge in [0.2, 0.25) is 17.8 Å². The molecule has 2 aromatic heterocycles. The van der Waals surface area contributed by atoms with E-state index in [2.05, 4.69) is 20.3 Å². The van der Waals surface area contributed by atoms with Crippen molar-refractivity contribution in [3.8, 4) is 0 Å². The fourth-order valence-electron chi connectivity index (χ4n) is 3.46. The van der Waals surface area contributed by atoms with Gasteiger partial charge < -0.3 is 16.0 Å². The van der Waals surface area contributed by atoms with Crippen molar-refractivity contribution in [2.24, 2.45) is 0 Å². The molecule has 8 nitrogen and oxygen atoms in total. The van der Waals surface area contributed by atoms with Crippen LogP contribution in [0.5, 0.6) is 0 Å². The Labute approximate surface area is 155 Å². The van der Waals surface area contributed by atoms with E-state index >= 15 is 0 Å². The molecule has 27 heavy (non-hydrogen) atoms. The predicted molar refractivity (Wildman–Crippen MR) is 99.9 cm³/mol. The number of halogens is 1. The Hall–Kier alpha value is -3.23. The average molecular weight is 369 g/mol. The molecule has 1 aliphatic rings. The number of aromatic nitrogens is 4. The second kappa shape index (κ2) is 6.82. The number of hydrogen-bond donors (Lipinski definition) is 2. The van der Waals surface area contributed by atoms with Gasteiger partial charge in [-0.05, 0) is 25.0 Å². The first-order valence-corrected chi connectivity index (χ1v) is 8.80. The number of piperidine rings is 1. The maximum atomic E-state index is 14.1. The predicted octanol–water partition coefficient (Wildman–Crippen LogP) is 2.47. The quantitative estimate of drug-likeness (QED) is 0.735. The molecule has 3 N–H and O–H groups in total. The van der Waals surface area contributed by atoms with Gasteiger partial charge in [0.15, 0.2) is 5.65 Å². The molecule has 1 amide bonds. The minimum Gasteiger partial charge on any atom is -0.368 e. The van der Waals surface area contributed by atoms with E-state index in [-0.39, 0.29) is 23.7 Å². The lowest BCUT2D eigenvalue weighted by Gasteiger charge is -2.32. The van der Waals surface area contributed by atoms with Crippen LogP contribution in [-0.4, -0.2) is 43.4 Å². The Morgan fingerprint density at radius 2 is 2.00 bits per heavy atom. The molecule has 0 saturated carbocycles. The number of rotatable bonds is 3. The van der Waals surface area contributed by atoms with Crippen molar-refractivity contribution in [3.05, 3.63) is 36.3 Å². The highest BCUT2D eigenvalue weighted by atomic mass is 19.1. The van der Waals surface area contributed by atoms with E-state index in [1.807, 2.05) is 9.47 Å². The summed E-state index contributed by atoms with van der Waals surface area (Å²) < 4.78 is 16.1. The van der Waals surface area contributed by atoms with Crippen molar-refractivity contribution in [2.45, 2.75) is 25.8 Å². The molecule has 1 aliphatic heterocycles. The number of amides is 1. The summed E-state index contributed by atoms with van der Waals surface area (Å²) in [4.78, 5) is 26.3. The lowest BCUT2D eigenvalue weighted by atomic mass is 10.0. The van der Waals surface area contributed by atoms with Crippen LogP contribution in [0.4, 0.5) is 22.0 Å². The van der Waals surface area contributed by atoms with Gasteiger partial charge in [0.25, 0.3) is 0 Å². The zero-order chi connectivity index (χ0) is 19.0. The molecule has 9 heteroatoms. The summed E-state index contributed by atoms with van der Waals surface area (Å²) in [5, 5.41) is 3.07. The van der Waals surface area contributed by atoms with Gasteiger partial charge in [-0.3, -0.25) is 9.36 Å². The molecule has 4 rings (SSSR count). The summed E-state index contributed by atoms with van der Waals surface area (Å²) in [7, 11) is 0. The van der Waals surface area contributed by atoms with Crippen LogP contribution < -0.4 is 11.1 Å². The van der Waals surface area contributed by atoms with Gasteiger partial charge in [-0.1, -0.05) is 12.1 Å². The smallest absolute Gasteiger partial charge is 0.222 e. The summed E-state index contributed by atoms with van der Waals surface area (Å²) in [5.74, 6) is 0.340. The van der Waals surface area contributed by atoms with Crippen LogP contribution in [0.25, 0.3) is 11.2 Å². The number of anilines is 3. The topological polar surface area (TPSA) is 102 Å². The molecule has 3 heterocycles. The average Bonchev–Trinajstić information content (AvgIpc) is 3.00. The molecular weight excluding hydrogens is 349 g/mol. The van der Waals surface area contributed by atoms with Gasteiger partial charge >= 0.3 is 0 Å². The van der Waals surface area contributed by atoms with Crippen molar-refractivity contribution in [2.75, 3.05) is 24.1 Å². The SMILES string of the molecule is CC(=O)N1CCC(n2c(Nc3ccccc3F)nc3cnc(N)nc32)CC1. The van der Waals surface area contributed by atoms with E-state index in [1.54, 1.807) is 31.3 Å². The van der Waals surface area contributed by atoms with Crippen molar-refractivity contribution in [1.82, 2.24) is 24.4 Å². The van der Waals surface area contributed by atoms with Gasteiger partial charge in [-0.15, -0.1) is 0 Å². The summed E-state index contributed by atoms with van der Waals surface area (Å²) in [6, 6.07) is 6.49. The van der Waals surface area contributed by atoms with Crippen LogP contribution >= 0.6 is 0 Å². The zero-order valence-corrected chi connectivity index (χ0v) is 14.9. The van der Waals surface area contributed by atoms with Crippen LogP contribution in [0.2, 0.25) is 0 Å². The molecule has 1 aromatic carbocycles. The van der Waals surface area contributed by atoms with Gasteiger partial charge in [0.1, 0.15) is 11.3 Å². The maximum absolute atomic E-state index is 14.1. The monoisotopic (exact) mass is 369 g/mol. The standard InChI is InChI=1S/C18H20FN7O/c1-11(27)25-8-6-12(7-9-25)26-16-15(10-21-17(20)24-16)23-18(26)22-14-5-3-2-4-13(14)19/h2-5,10,12H,6-9H2,1H3,(H,22,23)(H2,20,21,24). The van der Waals surface area contributed by atoms with Crippen LogP contribution in [0.1, 0.15) is 25.8 Å². The fourth-order valence-corrected chi connectivity index (χ4v) is 3.46. The second-order valence-corrected chi connectivity index (χ2v) is 6.58. The Balaban J connectivity index is 1.74. The number of nitrogen functional groups attached to an aromatic ring is 1. The van der Waals surface area contributed by atoms with Crippen molar-refractivity contribution in [1.29, 1.82) is 0 Å². The highest BCUT2D eigenvalue weighted by molar-refractivity contribution is 5.76. The first-order valence-electron chi connectivity index (χ1n) is 8.80. The number of nitrogens with one attached hydrogen (secondary N) is 1. The molecule has 1 saturated heterocycles. The lowest BCUT2D eigenvalue weighted by molar-refractivity contribution is -0.130. The summed E-state index contributed by atoms with van der Waals surface area (Å²) in [5.41, 5.74) is 7.28. The summed E-state index contributed by atoms with van der Waals surface area (Å²) in [6.07, 6.45) is 3.06. The molecule has 3 aromatic rings. The van der Waals surface area contributed by atoms with E-state index in [4.69, 9.17) is 5.73 Å². The molecule has 0 bridgehead atoms. The van der Waals surface area contributed by atoms with E-state index in [0.717, 1.165) is 12.8 Å². The lowest BCUT2D eigenvalue weighted by Crippen LogP contribution is -2.37. The first kappa shape index (κ1) is 17.2. The van der Waals surface area contributed by atoms with Gasteiger partial charge in [-0.2, -0.15) is 4.98 Å². The fraction of sp³-hybridized carbons (Fsp3) is 0.333. The van der Waals surface area contributed by atoms with Crippen molar-refractivity contribution >= 4 is 34.7 Å². The normalized spacial score (nSPS) is 15.3. The Bertz CT molecular complexity index is 995. The summed E-state index contributed by atoms with van der Waals surface area (Å²) in [6.45, 7) is 2.88. The minimum absolute atomic E-state index is 0.0640. The third-order valence-electron chi connectivity index (χ3n) is 4.85. The van der Waals surface area contributed by atoms with E-state index < -0.39 is 0 Å². The van der Waals surface area contributed by atoms with Crippen molar-refractivity contribution in [3.63, 3.8) is 0 Å². The van der Waals surface area contributed by atoms with Crippen LogP contribution in [0.15, 0.2) is 30.5 Å². The number of para-hydroxylation sites is 1. The maximum Gasteiger partial charge on any atom is 0.222 e. The molecule has 1 fully saturated rings. The van der Waals surface area contributed by atoms with E-state index in [0.29, 0.717) is 35.9 Å². The molecular formula is C18H20FN7O. The Kier molecular flexibility index (Phi) is 4.35. The number of hydrogen-bond acceptors (Lipinski definition) is 6. The van der Waals surface area contributed by atoms with Crippen LogP contribution in [-0.2, 0) is 4.79 Å². The number of likely N-dealkylation sites (tertiary alicyclic amines) is 1. The number of imidazole rings is 1. The molecule has 0 spiro atoms. The third-order valence-corrected chi connectivity index (χ3v) is 4.85. The number of fused-ring (bicyclic) bond motifs is 1. The number of carbonyl (C=O) groups is 1. The third kappa shape index (κ3) is 3.27. The van der Waals surface area contributed by atoms with Gasteiger partial charge in [0.05, 0.1) is 11.9 Å². The molecule has 0 atom stereocenters. The van der Waals surface area contributed by atoms with Gasteiger partial charge in [-0.25, -0.2) is 14.4 Å². The first-order chi connectivity index (χ1) is 13.0. The van der Waals surface area contributed by atoms with Gasteiger partial charge in [0, 0.05) is 26.1 Å². The zero-order valence-electron chi connectivity index (χ0n) is 14.9. The highest BCUT2D eigenvalue weighted by Crippen LogP contribution is 2.32.